The number of ether oxygens (including phenoxy) is 2. The monoisotopic (exact) mass is 392 g/mol. The third-order valence-corrected chi connectivity index (χ3v) is 5.01. The van der Waals surface area contributed by atoms with Gasteiger partial charge in [0.2, 0.25) is 0 Å². The first-order valence-corrected chi connectivity index (χ1v) is 9.73. The maximum absolute atomic E-state index is 11.7. The number of thiophene rings is 1. The summed E-state index contributed by atoms with van der Waals surface area (Å²) in [5, 5.41) is 14.6. The van der Waals surface area contributed by atoms with E-state index >= 15 is 0 Å². The summed E-state index contributed by atoms with van der Waals surface area (Å²) in [6, 6.07) is 2.07. The maximum atomic E-state index is 11.7. The van der Waals surface area contributed by atoms with Gasteiger partial charge in [-0.1, -0.05) is 28.8 Å². The number of halogens is 1. The Morgan fingerprint density at radius 2 is 2.14 bits per heavy atom. The van der Waals surface area contributed by atoms with E-state index in [1.54, 1.807) is 18.3 Å². The van der Waals surface area contributed by atoms with E-state index in [-0.39, 0.29) is 11.9 Å². The van der Waals surface area contributed by atoms with Gasteiger partial charge in [0.15, 0.2) is 5.60 Å². The molecule has 1 N–H and O–H groups in total. The van der Waals surface area contributed by atoms with Crippen LogP contribution < -0.4 is 0 Å². The number of carbonyl (C=O) groups excluding carboxylic acids is 1. The first-order chi connectivity index (χ1) is 10.6. The maximum Gasteiger partial charge on any atom is 0.338 e. The average Bonchev–Trinajstić information content (AvgIpc) is 3.03. The minimum Gasteiger partial charge on any atom is -0.464 e. The van der Waals surface area contributed by atoms with Gasteiger partial charge in [0.25, 0.3) is 0 Å². The molecule has 0 aliphatic rings. The molecule has 1 aromatic heterocycles. The molecule has 0 saturated carbocycles. The first kappa shape index (κ1) is 19.6. The summed E-state index contributed by atoms with van der Waals surface area (Å²) in [6.07, 6.45) is 4.22. The van der Waals surface area contributed by atoms with Crippen molar-refractivity contribution < 1.29 is 19.4 Å². The van der Waals surface area contributed by atoms with E-state index < -0.39 is 11.6 Å². The van der Waals surface area contributed by atoms with E-state index in [0.29, 0.717) is 13.0 Å². The molecule has 0 radical (unpaired) electrons. The number of esters is 1. The topological polar surface area (TPSA) is 55.8 Å². The molecule has 1 unspecified atom stereocenters. The zero-order valence-electron chi connectivity index (χ0n) is 13.1. The molecule has 0 amide bonds. The highest BCUT2D eigenvalue weighted by Gasteiger charge is 2.35. The quantitative estimate of drug-likeness (QED) is 0.332. The fourth-order valence-corrected chi connectivity index (χ4v) is 3.19. The van der Waals surface area contributed by atoms with Gasteiger partial charge >= 0.3 is 5.97 Å². The van der Waals surface area contributed by atoms with Gasteiger partial charge in [-0.05, 0) is 48.6 Å². The number of rotatable bonds is 12. The summed E-state index contributed by atoms with van der Waals surface area (Å²) >= 11 is 4.87. The lowest BCUT2D eigenvalue weighted by molar-refractivity contribution is -0.163. The molecule has 0 aliphatic heterocycles. The average molecular weight is 393 g/mol. The summed E-state index contributed by atoms with van der Waals surface area (Å²) in [5.74, 6) is -0.536. The summed E-state index contributed by atoms with van der Waals surface area (Å²) in [4.78, 5) is 11.7. The summed E-state index contributed by atoms with van der Waals surface area (Å²) in [5.41, 5.74) is -0.173. The molecular weight excluding hydrogens is 368 g/mol. The smallest absolute Gasteiger partial charge is 0.338 e. The number of alkyl halides is 1. The second-order valence-corrected chi connectivity index (χ2v) is 6.57. The third kappa shape index (κ3) is 7.22. The van der Waals surface area contributed by atoms with Crippen LogP contribution in [0, 0.1) is 0 Å². The Bertz CT molecular complexity index is 410. The zero-order valence-corrected chi connectivity index (χ0v) is 15.5. The predicted molar refractivity (Wildman–Crippen MR) is 92.4 cm³/mol. The van der Waals surface area contributed by atoms with Crippen molar-refractivity contribution in [1.29, 1.82) is 0 Å². The Labute approximate surface area is 145 Å². The molecule has 126 valence electrons. The lowest BCUT2D eigenvalue weighted by Crippen LogP contribution is -2.41. The second-order valence-electron chi connectivity index (χ2n) is 5.23. The van der Waals surface area contributed by atoms with Crippen molar-refractivity contribution >= 4 is 33.2 Å². The molecule has 0 saturated heterocycles. The van der Waals surface area contributed by atoms with Crippen LogP contribution in [-0.2, 0) is 20.9 Å². The molecule has 6 heteroatoms. The largest absolute Gasteiger partial charge is 0.464 e. The van der Waals surface area contributed by atoms with E-state index in [0.717, 1.165) is 32.3 Å². The van der Waals surface area contributed by atoms with Crippen LogP contribution in [0.5, 0.6) is 0 Å². The fraction of sp³-hybridized carbons (Fsp3) is 0.688. The standard InChI is InChI=1S/C16H25BrO4S/c1-2-21-15(18)16(19,13-17)8-5-3-4-6-9-20-11-14-7-10-22-12-14/h7,10,12,19H,2-6,8-9,11,13H2,1H3. The number of aliphatic hydroxyl groups is 1. The van der Waals surface area contributed by atoms with Gasteiger partial charge in [-0.25, -0.2) is 4.79 Å². The number of hydrogen-bond acceptors (Lipinski definition) is 5. The SMILES string of the molecule is CCOC(=O)C(O)(CBr)CCCCCCOCc1ccsc1. The number of carbonyl (C=O) groups is 1. The lowest BCUT2D eigenvalue weighted by Gasteiger charge is -2.23. The van der Waals surface area contributed by atoms with Gasteiger partial charge in [0.05, 0.1) is 13.2 Å². The van der Waals surface area contributed by atoms with Crippen LogP contribution in [0.15, 0.2) is 16.8 Å². The van der Waals surface area contributed by atoms with Crippen molar-refractivity contribution in [3.05, 3.63) is 22.4 Å². The Hall–Kier alpha value is -0.430. The molecule has 1 rings (SSSR count). The highest BCUT2D eigenvalue weighted by atomic mass is 79.9. The van der Waals surface area contributed by atoms with E-state index in [1.165, 1.54) is 5.56 Å². The van der Waals surface area contributed by atoms with Crippen molar-refractivity contribution in [2.75, 3.05) is 18.5 Å². The Balaban J connectivity index is 2.05. The molecule has 22 heavy (non-hydrogen) atoms. The van der Waals surface area contributed by atoms with E-state index in [1.807, 2.05) is 5.38 Å². The van der Waals surface area contributed by atoms with Gasteiger partial charge in [-0.15, -0.1) is 0 Å². The Morgan fingerprint density at radius 1 is 1.36 bits per heavy atom. The normalized spacial score (nSPS) is 13.8. The van der Waals surface area contributed by atoms with Crippen LogP contribution in [0.25, 0.3) is 0 Å². The highest BCUT2D eigenvalue weighted by molar-refractivity contribution is 9.09. The predicted octanol–water partition coefficient (Wildman–Crippen LogP) is 3.90. The second kappa shape index (κ2) is 11.2. The molecule has 0 aliphatic carbocycles. The lowest BCUT2D eigenvalue weighted by atomic mass is 9.98. The van der Waals surface area contributed by atoms with E-state index in [4.69, 9.17) is 9.47 Å². The van der Waals surface area contributed by atoms with E-state index in [2.05, 4.69) is 27.4 Å². The van der Waals surface area contributed by atoms with E-state index in [9.17, 15) is 9.90 Å². The fourth-order valence-electron chi connectivity index (χ4n) is 2.03. The van der Waals surface area contributed by atoms with Crippen LogP contribution in [0.3, 0.4) is 0 Å². The molecule has 1 aromatic rings. The van der Waals surface area contributed by atoms with Crippen molar-refractivity contribution in [3.8, 4) is 0 Å². The van der Waals surface area contributed by atoms with Gasteiger partial charge < -0.3 is 14.6 Å². The molecule has 4 nitrogen and oxygen atoms in total. The molecule has 0 spiro atoms. The minimum atomic E-state index is -1.40. The highest BCUT2D eigenvalue weighted by Crippen LogP contribution is 2.20. The molecular formula is C16H25BrO4S. The zero-order chi connectivity index (χ0) is 16.3. The molecule has 0 fully saturated rings. The van der Waals surface area contributed by atoms with Gasteiger partial charge in [0.1, 0.15) is 0 Å². The van der Waals surface area contributed by atoms with Crippen LogP contribution in [-0.4, -0.2) is 35.2 Å². The summed E-state index contributed by atoms with van der Waals surface area (Å²) < 4.78 is 10.5. The summed E-state index contributed by atoms with van der Waals surface area (Å²) in [6.45, 7) is 3.45. The van der Waals surface area contributed by atoms with Gasteiger partial charge in [0, 0.05) is 11.9 Å². The van der Waals surface area contributed by atoms with Crippen LogP contribution in [0.2, 0.25) is 0 Å². The molecule has 0 aromatic carbocycles. The van der Waals surface area contributed by atoms with Crippen molar-refractivity contribution in [3.63, 3.8) is 0 Å². The molecule has 1 atom stereocenters. The van der Waals surface area contributed by atoms with Crippen LogP contribution in [0.4, 0.5) is 0 Å². The third-order valence-electron chi connectivity index (χ3n) is 3.35. The Morgan fingerprint density at radius 3 is 2.77 bits per heavy atom. The van der Waals surface area contributed by atoms with Crippen molar-refractivity contribution in [2.45, 2.75) is 51.2 Å². The van der Waals surface area contributed by atoms with Crippen LogP contribution in [0.1, 0.15) is 44.6 Å². The van der Waals surface area contributed by atoms with Gasteiger partial charge in [-0.3, -0.25) is 0 Å². The van der Waals surface area contributed by atoms with Crippen molar-refractivity contribution in [2.24, 2.45) is 0 Å². The van der Waals surface area contributed by atoms with Crippen LogP contribution >= 0.6 is 27.3 Å². The van der Waals surface area contributed by atoms with Gasteiger partial charge in [-0.2, -0.15) is 11.3 Å². The molecule has 0 bridgehead atoms. The molecule has 1 heterocycles. The number of hydrogen-bond donors (Lipinski definition) is 1. The van der Waals surface area contributed by atoms with Crippen molar-refractivity contribution in [1.82, 2.24) is 0 Å². The summed E-state index contributed by atoms with van der Waals surface area (Å²) in [7, 11) is 0. The first-order valence-electron chi connectivity index (χ1n) is 7.66. The Kier molecular flexibility index (Phi) is 9.95. The number of unbranched alkanes of at least 4 members (excludes halogenated alkanes) is 3. The minimum absolute atomic E-state index is 0.211.